The number of halogens is 1. The Morgan fingerprint density at radius 1 is 1.19 bits per heavy atom. The third-order valence-corrected chi connectivity index (χ3v) is 5.12. The van der Waals surface area contributed by atoms with E-state index in [2.05, 4.69) is 22.8 Å². The second-order valence-electron chi connectivity index (χ2n) is 7.65. The number of carbonyl (C=O) groups excluding carboxylic acids is 1. The monoisotopic (exact) mass is 459 g/mol. The summed E-state index contributed by atoms with van der Waals surface area (Å²) in [6, 6.07) is 12.7. The molecule has 0 bridgehead atoms. The highest BCUT2D eigenvalue weighted by Gasteiger charge is 2.22. The maximum Gasteiger partial charge on any atom is 0.307 e. The van der Waals surface area contributed by atoms with Crippen LogP contribution in [0.4, 0.5) is 5.69 Å². The van der Waals surface area contributed by atoms with Gasteiger partial charge in [-0.2, -0.15) is 5.10 Å². The Morgan fingerprint density at radius 2 is 1.97 bits per heavy atom. The van der Waals surface area contributed by atoms with Crippen molar-refractivity contribution >= 4 is 36.2 Å². The van der Waals surface area contributed by atoms with Gasteiger partial charge in [-0.15, -0.1) is 12.4 Å². The van der Waals surface area contributed by atoms with E-state index in [0.717, 1.165) is 30.5 Å². The lowest BCUT2D eigenvalue weighted by molar-refractivity contribution is -0.139. The van der Waals surface area contributed by atoms with E-state index in [1.165, 1.54) is 12.8 Å². The number of hydrazone groups is 1. The first-order valence-corrected chi connectivity index (χ1v) is 10.7. The second kappa shape index (κ2) is 12.7. The van der Waals surface area contributed by atoms with Gasteiger partial charge in [0.05, 0.1) is 12.6 Å². The molecular weight excluding hydrogens is 430 g/mol. The highest BCUT2D eigenvalue weighted by molar-refractivity contribution is 6.04. The normalized spacial score (nSPS) is 14.7. The molecular formula is C24H30ClN3O4. The number of amides is 1. The lowest BCUT2D eigenvalue weighted by Gasteiger charge is -2.25. The predicted octanol–water partition coefficient (Wildman–Crippen LogP) is 4.64. The first-order chi connectivity index (χ1) is 15.0. The van der Waals surface area contributed by atoms with Crippen LogP contribution >= 0.6 is 12.4 Å². The molecule has 1 atom stereocenters. The van der Waals surface area contributed by atoms with E-state index in [1.807, 2.05) is 18.2 Å². The van der Waals surface area contributed by atoms with Gasteiger partial charge in [0.25, 0.3) is 5.91 Å². The van der Waals surface area contributed by atoms with Crippen LogP contribution in [0.3, 0.4) is 0 Å². The largest absolute Gasteiger partial charge is 0.490 e. The number of carbonyl (C=O) groups is 2. The molecule has 1 amide bonds. The number of anilines is 1. The van der Waals surface area contributed by atoms with Gasteiger partial charge in [0.1, 0.15) is 11.9 Å². The molecule has 1 unspecified atom stereocenters. The Balaban J connectivity index is 0.00000363. The molecule has 8 heteroatoms. The van der Waals surface area contributed by atoms with Crippen LogP contribution < -0.4 is 15.5 Å². The van der Waals surface area contributed by atoms with E-state index in [1.54, 1.807) is 30.5 Å². The van der Waals surface area contributed by atoms with Crippen LogP contribution in [0.25, 0.3) is 0 Å². The molecule has 0 spiro atoms. The van der Waals surface area contributed by atoms with Gasteiger partial charge in [-0.3, -0.25) is 9.59 Å². The number of benzene rings is 2. The maximum absolute atomic E-state index is 12.6. The first-order valence-electron chi connectivity index (χ1n) is 10.7. The van der Waals surface area contributed by atoms with Crippen LogP contribution in [0.2, 0.25) is 0 Å². The fourth-order valence-electron chi connectivity index (χ4n) is 3.42. The molecule has 0 saturated carbocycles. The molecule has 1 aliphatic heterocycles. The summed E-state index contributed by atoms with van der Waals surface area (Å²) < 4.78 is 5.75. The molecule has 0 aliphatic carbocycles. The van der Waals surface area contributed by atoms with E-state index >= 15 is 0 Å². The van der Waals surface area contributed by atoms with Crippen LogP contribution in [0, 0.1) is 0 Å². The Bertz CT molecular complexity index is 931. The standard InChI is InChI=1S/C24H29N3O4.ClH/c1-2-3-4-13-25-26-16-17-5-7-18(8-6-17)24(30)27-20-10-12-22-19(14-20)9-11-21(31-22)15-23(28)29;/h5-8,10,12,14,16,21,25H,2-4,9,11,13,15H2,1H3,(H,27,30)(H,28,29);1H. The predicted molar refractivity (Wildman–Crippen MR) is 128 cm³/mol. The van der Waals surface area contributed by atoms with Crippen molar-refractivity contribution in [2.24, 2.45) is 5.10 Å². The first kappa shape index (κ1) is 25.2. The molecule has 0 saturated heterocycles. The summed E-state index contributed by atoms with van der Waals surface area (Å²) in [4.78, 5) is 23.4. The van der Waals surface area contributed by atoms with Gasteiger partial charge in [-0.25, -0.2) is 0 Å². The number of hydrogen-bond donors (Lipinski definition) is 3. The van der Waals surface area contributed by atoms with Gasteiger partial charge in [0, 0.05) is 17.8 Å². The van der Waals surface area contributed by atoms with Crippen molar-refractivity contribution in [3.8, 4) is 5.75 Å². The zero-order chi connectivity index (χ0) is 22.1. The molecule has 32 heavy (non-hydrogen) atoms. The van der Waals surface area contributed by atoms with Gasteiger partial charge in [0.2, 0.25) is 0 Å². The van der Waals surface area contributed by atoms with E-state index in [0.29, 0.717) is 23.4 Å². The average molecular weight is 460 g/mol. The molecule has 2 aromatic carbocycles. The van der Waals surface area contributed by atoms with E-state index in [9.17, 15) is 9.59 Å². The van der Waals surface area contributed by atoms with Crippen LogP contribution in [-0.2, 0) is 11.2 Å². The number of rotatable bonds is 10. The molecule has 0 radical (unpaired) electrons. The highest BCUT2D eigenvalue weighted by atomic mass is 35.5. The molecule has 1 aliphatic rings. The molecule has 172 valence electrons. The summed E-state index contributed by atoms with van der Waals surface area (Å²) in [5.41, 5.74) is 6.16. The summed E-state index contributed by atoms with van der Waals surface area (Å²) >= 11 is 0. The quantitative estimate of drug-likeness (QED) is 0.273. The van der Waals surface area contributed by atoms with Crippen molar-refractivity contribution in [3.63, 3.8) is 0 Å². The number of nitrogens with zero attached hydrogens (tertiary/aromatic N) is 1. The summed E-state index contributed by atoms with van der Waals surface area (Å²) in [6.07, 6.45) is 6.27. The summed E-state index contributed by atoms with van der Waals surface area (Å²) in [6.45, 7) is 3.02. The Morgan fingerprint density at radius 3 is 2.69 bits per heavy atom. The van der Waals surface area contributed by atoms with Gasteiger partial charge in [-0.05, 0) is 60.7 Å². The van der Waals surface area contributed by atoms with Crippen molar-refractivity contribution in [2.45, 2.75) is 51.6 Å². The topological polar surface area (TPSA) is 100 Å². The Kier molecular flexibility index (Phi) is 10.0. The lowest BCUT2D eigenvalue weighted by atomic mass is 10.00. The minimum atomic E-state index is -0.863. The minimum absolute atomic E-state index is 0. The zero-order valence-corrected chi connectivity index (χ0v) is 19.0. The molecule has 2 aromatic rings. The van der Waals surface area contributed by atoms with E-state index in [-0.39, 0.29) is 30.8 Å². The van der Waals surface area contributed by atoms with Crippen LogP contribution in [0.15, 0.2) is 47.6 Å². The van der Waals surface area contributed by atoms with Crippen molar-refractivity contribution in [1.82, 2.24) is 5.43 Å². The minimum Gasteiger partial charge on any atom is -0.490 e. The number of unbranched alkanes of at least 4 members (excludes halogenated alkanes) is 2. The molecule has 0 fully saturated rings. The molecule has 3 rings (SSSR count). The number of ether oxygens (including phenoxy) is 1. The number of hydrogen-bond acceptors (Lipinski definition) is 5. The van der Waals surface area contributed by atoms with E-state index < -0.39 is 5.97 Å². The summed E-state index contributed by atoms with van der Waals surface area (Å²) in [5, 5.41) is 16.0. The van der Waals surface area contributed by atoms with Gasteiger partial charge < -0.3 is 20.6 Å². The average Bonchev–Trinajstić information content (AvgIpc) is 2.76. The SMILES string of the molecule is CCCCCNN=Cc1ccc(C(=O)Nc2ccc3c(c2)CCC(CC(=O)O)O3)cc1.Cl. The van der Waals surface area contributed by atoms with E-state index in [4.69, 9.17) is 9.84 Å². The molecule has 1 heterocycles. The van der Waals surface area contributed by atoms with Gasteiger partial charge in [0.15, 0.2) is 0 Å². The Labute approximate surface area is 194 Å². The third-order valence-electron chi connectivity index (χ3n) is 5.12. The lowest BCUT2D eigenvalue weighted by Crippen LogP contribution is -2.25. The number of carboxylic acid groups (broad SMARTS) is 1. The fourth-order valence-corrected chi connectivity index (χ4v) is 3.42. The van der Waals surface area contributed by atoms with Gasteiger partial charge in [-0.1, -0.05) is 31.9 Å². The summed E-state index contributed by atoms with van der Waals surface area (Å²) in [5.74, 6) is -0.373. The summed E-state index contributed by atoms with van der Waals surface area (Å²) in [7, 11) is 0. The zero-order valence-electron chi connectivity index (χ0n) is 18.2. The number of carboxylic acids is 1. The molecule has 3 N–H and O–H groups in total. The number of nitrogens with one attached hydrogen (secondary N) is 2. The smallest absolute Gasteiger partial charge is 0.307 e. The second-order valence-corrected chi connectivity index (χ2v) is 7.65. The maximum atomic E-state index is 12.6. The van der Waals surface area contributed by atoms with Crippen LogP contribution in [-0.4, -0.2) is 35.8 Å². The molecule has 7 nitrogen and oxygen atoms in total. The molecule has 0 aromatic heterocycles. The van der Waals surface area contributed by atoms with Crippen LogP contribution in [0.5, 0.6) is 5.75 Å². The van der Waals surface area contributed by atoms with Gasteiger partial charge >= 0.3 is 5.97 Å². The van der Waals surface area contributed by atoms with Crippen molar-refractivity contribution in [2.75, 3.05) is 11.9 Å². The fraction of sp³-hybridized carbons (Fsp3) is 0.375. The van der Waals surface area contributed by atoms with Crippen LogP contribution in [0.1, 0.15) is 60.5 Å². The van der Waals surface area contributed by atoms with Crippen molar-refractivity contribution in [3.05, 3.63) is 59.2 Å². The number of aliphatic carboxylic acids is 1. The third kappa shape index (κ3) is 7.57. The number of fused-ring (bicyclic) bond motifs is 1. The highest BCUT2D eigenvalue weighted by Crippen LogP contribution is 2.31. The Hall–Kier alpha value is -3.06. The number of aryl methyl sites for hydroxylation is 1. The van der Waals surface area contributed by atoms with Crippen molar-refractivity contribution < 1.29 is 19.4 Å². The van der Waals surface area contributed by atoms with Crippen molar-refractivity contribution in [1.29, 1.82) is 0 Å².